The number of fused-ring (bicyclic) bond motifs is 1. The van der Waals surface area contributed by atoms with Gasteiger partial charge in [-0.1, -0.05) is 36.4 Å². The van der Waals surface area contributed by atoms with E-state index in [-0.39, 0.29) is 11.9 Å². The van der Waals surface area contributed by atoms with Gasteiger partial charge in [0.2, 0.25) is 5.91 Å². The van der Waals surface area contributed by atoms with Gasteiger partial charge in [-0.15, -0.1) is 0 Å². The minimum atomic E-state index is -0.693. The molecule has 7 heteroatoms. The van der Waals surface area contributed by atoms with Crippen molar-refractivity contribution in [3.8, 4) is 5.75 Å². The van der Waals surface area contributed by atoms with Crippen molar-refractivity contribution in [3.05, 3.63) is 64.7 Å². The molecule has 0 saturated carbocycles. The Hall–Kier alpha value is -3.35. The van der Waals surface area contributed by atoms with Crippen LogP contribution in [0.1, 0.15) is 53.4 Å². The lowest BCUT2D eigenvalue weighted by Gasteiger charge is -2.34. The average molecular weight is 411 g/mol. The van der Waals surface area contributed by atoms with Crippen molar-refractivity contribution in [3.63, 3.8) is 0 Å². The third-order valence-electron chi connectivity index (χ3n) is 5.00. The first-order valence-electron chi connectivity index (χ1n) is 9.75. The van der Waals surface area contributed by atoms with Gasteiger partial charge in [-0.3, -0.25) is 9.59 Å². The number of hydrogen-bond donors (Lipinski definition) is 1. The predicted octanol–water partition coefficient (Wildman–Crippen LogP) is 3.11. The van der Waals surface area contributed by atoms with Crippen molar-refractivity contribution in [1.82, 2.24) is 5.32 Å². The van der Waals surface area contributed by atoms with Crippen LogP contribution in [0.3, 0.4) is 0 Å². The molecule has 0 heterocycles. The normalized spacial score (nSPS) is 17.4. The molecule has 0 unspecified atom stereocenters. The number of carbonyl (C=O) groups excluding carboxylic acids is 3. The highest BCUT2D eigenvalue weighted by molar-refractivity contribution is 5.95. The molecular weight excluding hydrogens is 386 g/mol. The third kappa shape index (κ3) is 4.79. The second-order valence-corrected chi connectivity index (χ2v) is 7.15. The van der Waals surface area contributed by atoms with E-state index in [4.69, 9.17) is 14.2 Å². The van der Waals surface area contributed by atoms with Crippen molar-refractivity contribution in [2.24, 2.45) is 0 Å². The Labute approximate surface area is 175 Å². The molecule has 1 aliphatic rings. The second-order valence-electron chi connectivity index (χ2n) is 7.15. The van der Waals surface area contributed by atoms with Crippen LogP contribution in [0.15, 0.2) is 42.5 Å². The SMILES string of the molecule is COC(=O)c1c(OCc2ccccc2)ccc2c1CC[C@@H](NC(C)=O)[C@@H]2OC(C)=O. The van der Waals surface area contributed by atoms with Gasteiger partial charge < -0.3 is 19.5 Å². The highest BCUT2D eigenvalue weighted by Gasteiger charge is 2.36. The summed E-state index contributed by atoms with van der Waals surface area (Å²) in [6.45, 7) is 3.03. The molecule has 1 aliphatic carbocycles. The number of methoxy groups -OCH3 is 1. The average Bonchev–Trinajstić information content (AvgIpc) is 2.73. The fourth-order valence-electron chi connectivity index (χ4n) is 3.76. The highest BCUT2D eigenvalue weighted by Crippen LogP contribution is 2.39. The lowest BCUT2D eigenvalue weighted by molar-refractivity contribution is -0.149. The van der Waals surface area contributed by atoms with E-state index in [1.165, 1.54) is 21.0 Å². The summed E-state index contributed by atoms with van der Waals surface area (Å²) in [6, 6.07) is 12.7. The first-order valence-corrected chi connectivity index (χ1v) is 9.75. The summed E-state index contributed by atoms with van der Waals surface area (Å²) in [7, 11) is 1.31. The summed E-state index contributed by atoms with van der Waals surface area (Å²) < 4.78 is 16.5. The highest BCUT2D eigenvalue weighted by atomic mass is 16.5. The first kappa shape index (κ1) is 21.4. The maximum absolute atomic E-state index is 12.6. The van der Waals surface area contributed by atoms with E-state index in [2.05, 4.69) is 5.32 Å². The Morgan fingerprint density at radius 1 is 1.07 bits per heavy atom. The quantitative estimate of drug-likeness (QED) is 0.735. The molecule has 0 aromatic heterocycles. The van der Waals surface area contributed by atoms with Gasteiger partial charge in [-0.2, -0.15) is 0 Å². The van der Waals surface area contributed by atoms with Gasteiger partial charge >= 0.3 is 11.9 Å². The maximum atomic E-state index is 12.6. The van der Waals surface area contributed by atoms with Gasteiger partial charge in [0, 0.05) is 13.8 Å². The molecular formula is C23H25NO6. The molecule has 1 N–H and O–H groups in total. The zero-order chi connectivity index (χ0) is 21.7. The van der Waals surface area contributed by atoms with Crippen molar-refractivity contribution >= 4 is 17.8 Å². The molecule has 158 valence electrons. The number of esters is 2. The summed E-state index contributed by atoms with van der Waals surface area (Å²) >= 11 is 0. The van der Waals surface area contributed by atoms with E-state index in [0.29, 0.717) is 41.9 Å². The van der Waals surface area contributed by atoms with Crippen molar-refractivity contribution in [2.75, 3.05) is 7.11 Å². The number of benzene rings is 2. The van der Waals surface area contributed by atoms with Crippen molar-refractivity contribution < 1.29 is 28.6 Å². The van der Waals surface area contributed by atoms with E-state index >= 15 is 0 Å². The minimum absolute atomic E-state index is 0.211. The summed E-state index contributed by atoms with van der Waals surface area (Å²) in [5, 5.41) is 2.84. The van der Waals surface area contributed by atoms with E-state index in [1.807, 2.05) is 30.3 Å². The molecule has 0 aliphatic heterocycles. The first-order chi connectivity index (χ1) is 14.4. The Kier molecular flexibility index (Phi) is 6.72. The summed E-state index contributed by atoms with van der Waals surface area (Å²) in [4.78, 5) is 35.9. The molecule has 2 aromatic rings. The van der Waals surface area contributed by atoms with Crippen molar-refractivity contribution in [1.29, 1.82) is 0 Å². The zero-order valence-corrected chi connectivity index (χ0v) is 17.3. The molecule has 30 heavy (non-hydrogen) atoms. The van der Waals surface area contributed by atoms with Gasteiger partial charge in [0.05, 0.1) is 13.2 Å². The number of amides is 1. The summed E-state index contributed by atoms with van der Waals surface area (Å²) in [5.74, 6) is -0.790. The largest absolute Gasteiger partial charge is 0.488 e. The molecule has 2 aromatic carbocycles. The Morgan fingerprint density at radius 2 is 1.80 bits per heavy atom. The lowest BCUT2D eigenvalue weighted by Crippen LogP contribution is -2.42. The van der Waals surface area contributed by atoms with Gasteiger partial charge in [-0.05, 0) is 35.6 Å². The molecule has 0 saturated heterocycles. The van der Waals surface area contributed by atoms with Crippen LogP contribution in [0.4, 0.5) is 0 Å². The molecule has 0 spiro atoms. The van der Waals surface area contributed by atoms with Gasteiger partial charge in [0.15, 0.2) is 0 Å². The second kappa shape index (κ2) is 9.43. The topological polar surface area (TPSA) is 90.9 Å². The molecule has 7 nitrogen and oxygen atoms in total. The molecule has 0 fully saturated rings. The zero-order valence-electron chi connectivity index (χ0n) is 17.3. The number of hydrogen-bond acceptors (Lipinski definition) is 6. The van der Waals surface area contributed by atoms with Crippen LogP contribution in [-0.4, -0.2) is 31.0 Å². The summed E-state index contributed by atoms with van der Waals surface area (Å²) in [6.07, 6.45) is 0.323. The van der Waals surface area contributed by atoms with Crippen LogP contribution in [0, 0.1) is 0 Å². The third-order valence-corrected chi connectivity index (χ3v) is 5.00. The molecule has 1 amide bonds. The monoisotopic (exact) mass is 411 g/mol. The Morgan fingerprint density at radius 3 is 2.43 bits per heavy atom. The van der Waals surface area contributed by atoms with Crippen LogP contribution < -0.4 is 10.1 Å². The van der Waals surface area contributed by atoms with Crippen LogP contribution in [0.25, 0.3) is 0 Å². The molecule has 0 radical (unpaired) electrons. The van der Waals surface area contributed by atoms with E-state index < -0.39 is 18.0 Å². The standard InChI is InChI=1S/C23H25NO6/c1-14(25)24-19-11-9-17-18(22(19)30-15(2)26)10-12-20(21(17)23(27)28-3)29-13-16-7-5-4-6-8-16/h4-8,10,12,19,22H,9,11,13H2,1-3H3,(H,24,25)/t19-,22-/m1/s1. The van der Waals surface area contributed by atoms with Crippen LogP contribution in [-0.2, 0) is 32.1 Å². The Bertz CT molecular complexity index is 940. The summed E-state index contributed by atoms with van der Waals surface area (Å²) in [5.41, 5.74) is 2.67. The fourth-order valence-corrected chi connectivity index (χ4v) is 3.76. The molecule has 3 rings (SSSR count). The van der Waals surface area contributed by atoms with Gasteiger partial charge in [0.25, 0.3) is 0 Å². The van der Waals surface area contributed by atoms with Gasteiger partial charge in [0.1, 0.15) is 24.0 Å². The predicted molar refractivity (Wildman–Crippen MR) is 109 cm³/mol. The number of ether oxygens (including phenoxy) is 3. The Balaban J connectivity index is 1.99. The smallest absolute Gasteiger partial charge is 0.341 e. The van der Waals surface area contributed by atoms with Crippen LogP contribution in [0.2, 0.25) is 0 Å². The van der Waals surface area contributed by atoms with Crippen LogP contribution in [0.5, 0.6) is 5.75 Å². The van der Waals surface area contributed by atoms with E-state index in [0.717, 1.165) is 5.56 Å². The number of carbonyl (C=O) groups is 3. The number of nitrogens with one attached hydrogen (secondary N) is 1. The van der Waals surface area contributed by atoms with E-state index in [1.54, 1.807) is 12.1 Å². The maximum Gasteiger partial charge on any atom is 0.341 e. The van der Waals surface area contributed by atoms with E-state index in [9.17, 15) is 14.4 Å². The van der Waals surface area contributed by atoms with Crippen molar-refractivity contribution in [2.45, 2.75) is 45.4 Å². The molecule has 0 bridgehead atoms. The lowest BCUT2D eigenvalue weighted by atomic mass is 9.82. The van der Waals surface area contributed by atoms with Gasteiger partial charge in [-0.25, -0.2) is 4.79 Å². The molecule has 2 atom stereocenters. The number of rotatable bonds is 6. The fraction of sp³-hybridized carbons (Fsp3) is 0.348. The minimum Gasteiger partial charge on any atom is -0.488 e. The van der Waals surface area contributed by atoms with Crippen LogP contribution >= 0.6 is 0 Å².